The average molecular weight is 536 g/mol. The minimum Gasteiger partial charge on any atom is -0.396 e. The molecule has 0 aliphatic heterocycles. The lowest BCUT2D eigenvalue weighted by molar-refractivity contribution is 0.282. The first kappa shape index (κ1) is 38.0. The molecule has 0 unspecified atom stereocenters. The predicted octanol–water partition coefficient (Wildman–Crippen LogP) is 8.97. The standard InChI is InChI=1S/C28H58O.C2H7NO3S/c1-2-3-4-5-6-7-8-9-10-11-12-13-14-15-16-17-18-19-20-21-22-23-24-25-26-27-28-29;3-1-2-7(4,5)6/h29H,2-28H2,1H3;1-3H2,(H,4,5,6). The first-order valence-electron chi connectivity index (χ1n) is 15.7. The Morgan fingerprint density at radius 2 is 0.694 bits per heavy atom. The maximum Gasteiger partial charge on any atom is 0.266 e. The highest BCUT2D eigenvalue weighted by atomic mass is 32.2. The molecular formula is C30H65NO4S. The van der Waals surface area contributed by atoms with E-state index in [-0.39, 0.29) is 12.3 Å². The molecule has 220 valence electrons. The van der Waals surface area contributed by atoms with Crippen molar-refractivity contribution in [2.24, 2.45) is 5.73 Å². The molecule has 0 heterocycles. The summed E-state index contributed by atoms with van der Waals surface area (Å²) in [6.45, 7) is 2.65. The zero-order valence-electron chi connectivity index (χ0n) is 24.2. The summed E-state index contributed by atoms with van der Waals surface area (Å²) >= 11 is 0. The van der Waals surface area contributed by atoms with Gasteiger partial charge in [-0.2, -0.15) is 8.42 Å². The van der Waals surface area contributed by atoms with E-state index in [1.807, 2.05) is 0 Å². The predicted molar refractivity (Wildman–Crippen MR) is 158 cm³/mol. The molecule has 0 aromatic carbocycles. The average Bonchev–Trinajstić information content (AvgIpc) is 2.84. The van der Waals surface area contributed by atoms with Crippen molar-refractivity contribution in [3.05, 3.63) is 0 Å². The number of rotatable bonds is 28. The number of aliphatic hydroxyl groups excluding tert-OH is 1. The lowest BCUT2D eigenvalue weighted by Gasteiger charge is -2.04. The fourth-order valence-electron chi connectivity index (χ4n) is 4.58. The molecule has 5 nitrogen and oxygen atoms in total. The van der Waals surface area contributed by atoms with Crippen molar-refractivity contribution in [1.82, 2.24) is 0 Å². The fraction of sp³-hybridized carbons (Fsp3) is 1.00. The molecule has 0 aromatic rings. The van der Waals surface area contributed by atoms with Gasteiger partial charge in [-0.15, -0.1) is 0 Å². The lowest BCUT2D eigenvalue weighted by Crippen LogP contribution is -2.13. The number of hydrogen-bond donors (Lipinski definition) is 3. The van der Waals surface area contributed by atoms with Gasteiger partial charge in [-0.05, 0) is 6.42 Å². The Morgan fingerprint density at radius 3 is 0.833 bits per heavy atom. The van der Waals surface area contributed by atoms with Crippen LogP contribution in [0.2, 0.25) is 0 Å². The van der Waals surface area contributed by atoms with Crippen molar-refractivity contribution in [3.63, 3.8) is 0 Å². The minimum atomic E-state index is -3.80. The van der Waals surface area contributed by atoms with Gasteiger partial charge in [0.1, 0.15) is 0 Å². The number of aliphatic hydroxyl groups is 1. The second-order valence-electron chi connectivity index (χ2n) is 10.6. The van der Waals surface area contributed by atoms with Gasteiger partial charge >= 0.3 is 0 Å². The van der Waals surface area contributed by atoms with Crippen molar-refractivity contribution in [1.29, 1.82) is 0 Å². The second kappa shape index (κ2) is 32.9. The summed E-state index contributed by atoms with van der Waals surface area (Å²) in [7, 11) is -3.80. The zero-order valence-corrected chi connectivity index (χ0v) is 25.0. The van der Waals surface area contributed by atoms with Crippen molar-refractivity contribution in [3.8, 4) is 0 Å². The molecule has 36 heavy (non-hydrogen) atoms. The van der Waals surface area contributed by atoms with E-state index in [2.05, 4.69) is 6.92 Å². The van der Waals surface area contributed by atoms with E-state index in [1.165, 1.54) is 161 Å². The first-order chi connectivity index (χ1) is 17.5. The van der Waals surface area contributed by atoms with E-state index in [0.29, 0.717) is 6.61 Å². The smallest absolute Gasteiger partial charge is 0.266 e. The molecule has 4 N–H and O–H groups in total. The van der Waals surface area contributed by atoms with Gasteiger partial charge in [0.25, 0.3) is 10.1 Å². The van der Waals surface area contributed by atoms with Gasteiger partial charge in [0.15, 0.2) is 0 Å². The Kier molecular flexibility index (Phi) is 34.7. The molecule has 0 amide bonds. The highest BCUT2D eigenvalue weighted by Crippen LogP contribution is 2.15. The Balaban J connectivity index is 0. The van der Waals surface area contributed by atoms with Crippen LogP contribution in [-0.4, -0.2) is 37.0 Å². The van der Waals surface area contributed by atoms with Crippen LogP contribution in [0.5, 0.6) is 0 Å². The zero-order chi connectivity index (χ0) is 27.0. The molecule has 0 atom stereocenters. The molecule has 0 radical (unpaired) electrons. The summed E-state index contributed by atoms with van der Waals surface area (Å²) in [5.74, 6) is -0.354. The molecule has 0 aliphatic carbocycles. The van der Waals surface area contributed by atoms with Crippen LogP contribution in [-0.2, 0) is 10.1 Å². The molecule has 0 rings (SSSR count). The quantitative estimate of drug-likeness (QED) is 0.0685. The Bertz CT molecular complexity index is 459. The Morgan fingerprint density at radius 1 is 0.472 bits per heavy atom. The van der Waals surface area contributed by atoms with Crippen molar-refractivity contribution in [2.45, 2.75) is 174 Å². The molecule has 0 aliphatic rings. The van der Waals surface area contributed by atoms with Gasteiger partial charge in [0, 0.05) is 13.2 Å². The maximum atomic E-state index is 9.71. The van der Waals surface area contributed by atoms with Gasteiger partial charge in [0.2, 0.25) is 0 Å². The van der Waals surface area contributed by atoms with Crippen LogP contribution < -0.4 is 5.73 Å². The third-order valence-electron chi connectivity index (χ3n) is 6.89. The summed E-state index contributed by atoms with van der Waals surface area (Å²) in [5.41, 5.74) is 4.78. The minimum absolute atomic E-state index is 0.0289. The second-order valence-corrected chi connectivity index (χ2v) is 12.2. The van der Waals surface area contributed by atoms with E-state index in [1.54, 1.807) is 0 Å². The van der Waals surface area contributed by atoms with E-state index in [0.717, 1.165) is 6.42 Å². The van der Waals surface area contributed by atoms with Crippen LogP contribution in [0.3, 0.4) is 0 Å². The molecule has 0 spiro atoms. The highest BCUT2D eigenvalue weighted by Gasteiger charge is 1.98. The van der Waals surface area contributed by atoms with Crippen LogP contribution in [0.4, 0.5) is 0 Å². The van der Waals surface area contributed by atoms with E-state index < -0.39 is 10.1 Å². The van der Waals surface area contributed by atoms with Crippen LogP contribution >= 0.6 is 0 Å². The SMILES string of the molecule is CCCCCCCCCCCCCCCCCCCCCCCCCCCCO.NCCS(=O)(=O)O. The highest BCUT2D eigenvalue weighted by molar-refractivity contribution is 7.85. The molecule has 0 saturated heterocycles. The van der Waals surface area contributed by atoms with E-state index in [9.17, 15) is 8.42 Å². The van der Waals surface area contributed by atoms with Gasteiger partial charge in [-0.25, -0.2) is 0 Å². The summed E-state index contributed by atoms with van der Waals surface area (Å²) < 4.78 is 27.3. The summed E-state index contributed by atoms with van der Waals surface area (Å²) in [4.78, 5) is 0. The third-order valence-corrected chi connectivity index (χ3v) is 7.64. The molecule has 0 fully saturated rings. The Labute approximate surface area is 226 Å². The molecule has 0 aromatic heterocycles. The maximum absolute atomic E-state index is 9.71. The fourth-order valence-corrected chi connectivity index (χ4v) is 4.87. The normalized spacial score (nSPS) is 11.4. The number of unbranched alkanes of at least 4 members (excludes halogenated alkanes) is 25. The van der Waals surface area contributed by atoms with E-state index in [4.69, 9.17) is 15.4 Å². The van der Waals surface area contributed by atoms with Crippen molar-refractivity contribution in [2.75, 3.05) is 18.9 Å². The van der Waals surface area contributed by atoms with Crippen LogP contribution in [0.15, 0.2) is 0 Å². The topological polar surface area (TPSA) is 101 Å². The molecular weight excluding hydrogens is 470 g/mol. The summed E-state index contributed by atoms with van der Waals surface area (Å²) in [6.07, 6.45) is 37.1. The van der Waals surface area contributed by atoms with Gasteiger partial charge in [-0.1, -0.05) is 167 Å². The third kappa shape index (κ3) is 41.0. The van der Waals surface area contributed by atoms with Crippen LogP contribution in [0.25, 0.3) is 0 Å². The number of nitrogens with two attached hydrogens (primary N) is 1. The van der Waals surface area contributed by atoms with Gasteiger partial charge in [-0.3, -0.25) is 4.55 Å². The lowest BCUT2D eigenvalue weighted by atomic mass is 10.0. The largest absolute Gasteiger partial charge is 0.396 e. The van der Waals surface area contributed by atoms with Crippen molar-refractivity contribution >= 4 is 10.1 Å². The number of hydrogen-bond acceptors (Lipinski definition) is 4. The van der Waals surface area contributed by atoms with Crippen molar-refractivity contribution < 1.29 is 18.1 Å². The Hall–Kier alpha value is -0.170. The molecule has 6 heteroatoms. The molecule has 0 saturated carbocycles. The monoisotopic (exact) mass is 535 g/mol. The van der Waals surface area contributed by atoms with Crippen LogP contribution in [0, 0.1) is 0 Å². The summed E-state index contributed by atoms with van der Waals surface area (Å²) in [6, 6.07) is 0. The first-order valence-corrected chi connectivity index (χ1v) is 17.3. The van der Waals surface area contributed by atoms with Gasteiger partial charge < -0.3 is 10.8 Å². The summed E-state index contributed by atoms with van der Waals surface area (Å²) in [5, 5.41) is 8.75. The molecule has 0 bridgehead atoms. The van der Waals surface area contributed by atoms with Crippen LogP contribution in [0.1, 0.15) is 174 Å². The van der Waals surface area contributed by atoms with Gasteiger partial charge in [0.05, 0.1) is 5.75 Å². The van der Waals surface area contributed by atoms with E-state index >= 15 is 0 Å².